The summed E-state index contributed by atoms with van der Waals surface area (Å²) in [5, 5.41) is 43.2. The largest absolute Gasteiger partial charge is 0.507 e. The molecule has 0 aliphatic carbocycles. The Morgan fingerprint density at radius 1 is 0.273 bits per heavy atom. The molecule has 4 nitrogen and oxygen atoms in total. The van der Waals surface area contributed by atoms with Gasteiger partial charge in [0.25, 0.3) is 0 Å². The maximum absolute atomic E-state index is 13.6. The van der Waals surface area contributed by atoms with Crippen molar-refractivity contribution in [3.05, 3.63) is 384 Å². The average molecular weight is 1460 g/mol. The second kappa shape index (κ2) is 29.5. The molecule has 0 saturated heterocycles. The van der Waals surface area contributed by atoms with Crippen LogP contribution in [0.5, 0.6) is 11.5 Å². The molecule has 16 aromatic carbocycles. The lowest BCUT2D eigenvalue weighted by molar-refractivity contribution is 0.476. The molecule has 0 amide bonds. The lowest BCUT2D eigenvalue weighted by atomic mass is 9.86. The maximum Gasteiger partial charge on any atom is 0.153 e. The van der Waals surface area contributed by atoms with Crippen molar-refractivity contribution in [3.63, 3.8) is 0 Å². The molecule has 0 saturated carbocycles. The molecule has 0 heterocycles. The number of aliphatic imine (C=N–C) groups is 2. The third-order valence-electron chi connectivity index (χ3n) is 23.0. The number of aryl methyl sites for hydroxylation is 4. The summed E-state index contributed by atoms with van der Waals surface area (Å²) >= 11 is 0. The number of phenols is 2. The summed E-state index contributed by atoms with van der Waals surface area (Å²) in [6.07, 6.45) is 3.77. The van der Waals surface area contributed by atoms with Gasteiger partial charge < -0.3 is 10.2 Å². The third kappa shape index (κ3) is 13.0. The zero-order chi connectivity index (χ0) is 76.1. The highest BCUT2D eigenvalue weighted by Crippen LogP contribution is 2.50. The van der Waals surface area contributed by atoms with Gasteiger partial charge in [-0.3, -0.25) is 9.98 Å². The lowest BCUT2D eigenvalue weighted by Gasteiger charge is -2.44. The first kappa shape index (κ1) is 72.1. The maximum atomic E-state index is 13.6. The molecule has 2 atom stereocenters. The van der Waals surface area contributed by atoms with Crippen LogP contribution >= 0.6 is 0 Å². The summed E-state index contributed by atoms with van der Waals surface area (Å²) in [4.78, 5) is 11.5. The van der Waals surface area contributed by atoms with Crippen LogP contribution in [-0.2, 0) is 0 Å². The zero-order valence-electron chi connectivity index (χ0n) is 64.4. The minimum Gasteiger partial charge on any atom is -0.507 e. The van der Waals surface area contributed by atoms with Crippen molar-refractivity contribution in [2.24, 2.45) is 9.98 Å². The highest BCUT2D eigenvalue weighted by atomic mass is 28.3. The van der Waals surface area contributed by atoms with Crippen molar-refractivity contribution in [1.29, 1.82) is 0 Å². The fourth-order valence-electron chi connectivity index (χ4n) is 18.5. The minimum atomic E-state index is -2.68. The SMILES string of the molecule is Cc1cc(C)cc([C@H](N=Cc2cc3ccccc3c(-c3c(-c4ccc([Si](c5ccccc5)(c5ccccc5)C(C)(C)C)cc4)ccc4ccccc34)c2O)[C@@H](N=Cc2cc3ccccc3c(-c3c(-c4ccc([Si](c5ccccc5)(c5ccccc5)C(C)(C)C)cc4)ccc4ccccc34)c2O)c2cc(C)cc(C)c2)c1. The van der Waals surface area contributed by atoms with E-state index in [1.54, 1.807) is 0 Å². The van der Waals surface area contributed by atoms with E-state index in [0.29, 0.717) is 11.1 Å². The molecule has 16 rings (SSSR count). The fraction of sp³-hybridized carbons (Fsp3) is 0.135. The molecule has 0 aromatic heterocycles. The molecule has 0 spiro atoms. The number of phenolic OH excluding ortho intramolecular Hbond substituents is 2. The first-order valence-electron chi connectivity index (χ1n) is 38.5. The van der Waals surface area contributed by atoms with Gasteiger partial charge in [0, 0.05) is 45.8 Å². The van der Waals surface area contributed by atoms with Crippen LogP contribution in [0, 0.1) is 27.7 Å². The van der Waals surface area contributed by atoms with Gasteiger partial charge in [-0.2, -0.15) is 0 Å². The molecule has 2 N–H and O–H groups in total. The van der Waals surface area contributed by atoms with Crippen LogP contribution in [0.15, 0.2) is 350 Å². The molecule has 16 aromatic rings. The van der Waals surface area contributed by atoms with Gasteiger partial charge in [0.15, 0.2) is 16.1 Å². The smallest absolute Gasteiger partial charge is 0.153 e. The van der Waals surface area contributed by atoms with E-state index < -0.39 is 28.2 Å². The molecule has 0 unspecified atom stereocenters. The van der Waals surface area contributed by atoms with Crippen LogP contribution in [0.25, 0.3) is 87.6 Å². The monoisotopic (exact) mass is 1460 g/mol. The topological polar surface area (TPSA) is 65.2 Å². The van der Waals surface area contributed by atoms with Gasteiger partial charge in [-0.25, -0.2) is 0 Å². The average Bonchev–Trinajstić information content (AvgIpc) is 0.721. The van der Waals surface area contributed by atoms with Gasteiger partial charge >= 0.3 is 0 Å². The number of hydrogen-bond donors (Lipinski definition) is 2. The standard InChI is InChI=1S/C104H92N2O2Si2/c1-69-59-70(2)62-79(61-69)99(105-67-81-65-77-33-25-29-45-91(77)97(101(81)107)95-89-43-27-23-31-73(89)51-57-93(95)75-47-53-87(54-48-75)109(103(5,6)7,83-35-15-11-16-36-83)84-37-17-12-18-38-84)100(80-63-71(3)60-72(4)64-80)106-68-82-66-78-34-26-30-46-92(78)98(102(82)108)96-90-44-28-24-32-74(90)52-58-94(96)76-49-55-88(56-50-76)110(104(8,9)10,85-39-19-13-20-40-85)86-41-21-14-22-42-86/h11-68,99-100,107-108H,1-10H3/t99-,100-/m0/s1. The third-order valence-corrected chi connectivity index (χ3v) is 34.7. The Bertz CT molecular complexity index is 5680. The van der Waals surface area contributed by atoms with Crippen LogP contribution < -0.4 is 31.1 Å². The Balaban J connectivity index is 0.853. The summed E-state index contributed by atoms with van der Waals surface area (Å²) < 4.78 is 0. The Labute approximate surface area is 650 Å². The minimum absolute atomic E-state index is 0.0971. The summed E-state index contributed by atoms with van der Waals surface area (Å²) in [6.45, 7) is 23.0. The number of hydrogen-bond acceptors (Lipinski definition) is 4. The molecule has 538 valence electrons. The van der Waals surface area contributed by atoms with Crippen molar-refractivity contribution < 1.29 is 10.2 Å². The highest BCUT2D eigenvalue weighted by Gasteiger charge is 2.50. The first-order chi connectivity index (χ1) is 53.3. The number of fused-ring (bicyclic) bond motifs is 4. The van der Waals surface area contributed by atoms with Crippen LogP contribution in [0.1, 0.15) is 98.1 Å². The van der Waals surface area contributed by atoms with Crippen LogP contribution in [0.2, 0.25) is 10.1 Å². The Kier molecular flexibility index (Phi) is 19.3. The molecule has 110 heavy (non-hydrogen) atoms. The van der Waals surface area contributed by atoms with Crippen molar-refractivity contribution in [3.8, 4) is 56.0 Å². The van der Waals surface area contributed by atoms with Gasteiger partial charge in [-0.15, -0.1) is 0 Å². The molecular weight excluding hydrogens is 1370 g/mol. The second-order valence-corrected chi connectivity index (χ2v) is 41.6. The van der Waals surface area contributed by atoms with Crippen molar-refractivity contribution in [2.45, 2.75) is 91.4 Å². The molecule has 0 bridgehead atoms. The lowest BCUT2D eigenvalue weighted by Crippen LogP contribution is -2.72. The van der Waals surface area contributed by atoms with E-state index in [1.165, 1.54) is 31.1 Å². The Morgan fingerprint density at radius 2 is 0.536 bits per heavy atom. The van der Waals surface area contributed by atoms with Gasteiger partial charge in [-0.05, 0) is 157 Å². The predicted octanol–water partition coefficient (Wildman–Crippen LogP) is 23.2. The van der Waals surface area contributed by atoms with E-state index in [2.05, 4.69) is 409 Å². The zero-order valence-corrected chi connectivity index (χ0v) is 66.4. The summed E-state index contributed by atoms with van der Waals surface area (Å²) in [5.41, 5.74) is 15.0. The van der Waals surface area contributed by atoms with Crippen molar-refractivity contribution in [2.75, 3.05) is 0 Å². The number of nitrogens with zero attached hydrogens (tertiary/aromatic N) is 2. The summed E-state index contributed by atoms with van der Waals surface area (Å²) in [6, 6.07) is 122. The van der Waals surface area contributed by atoms with Crippen molar-refractivity contribution >= 4 is 103 Å². The second-order valence-electron chi connectivity index (χ2n) is 32.1. The molecule has 0 radical (unpaired) electrons. The molecule has 0 aliphatic rings. The molecule has 0 aliphatic heterocycles. The van der Waals surface area contributed by atoms with Gasteiger partial charge in [0.1, 0.15) is 23.6 Å². The normalized spacial score (nSPS) is 12.9. The number of rotatable bonds is 17. The van der Waals surface area contributed by atoms with E-state index in [-0.39, 0.29) is 21.6 Å². The van der Waals surface area contributed by atoms with E-state index in [0.717, 1.165) is 121 Å². The van der Waals surface area contributed by atoms with Gasteiger partial charge in [0.2, 0.25) is 0 Å². The van der Waals surface area contributed by atoms with E-state index in [4.69, 9.17) is 9.98 Å². The molecule has 6 heteroatoms. The van der Waals surface area contributed by atoms with Crippen LogP contribution in [-0.4, -0.2) is 38.8 Å². The van der Waals surface area contributed by atoms with E-state index in [1.807, 2.05) is 12.4 Å². The van der Waals surface area contributed by atoms with E-state index >= 15 is 0 Å². The Morgan fingerprint density at radius 3 is 0.836 bits per heavy atom. The molecule has 0 fully saturated rings. The highest BCUT2D eigenvalue weighted by molar-refractivity contribution is 7.14. The summed E-state index contributed by atoms with van der Waals surface area (Å²) in [5.74, 6) is 0.271. The van der Waals surface area contributed by atoms with Crippen LogP contribution in [0.3, 0.4) is 0 Å². The number of benzene rings is 16. The van der Waals surface area contributed by atoms with E-state index in [9.17, 15) is 10.2 Å². The predicted molar refractivity (Wildman–Crippen MR) is 475 cm³/mol. The van der Waals surface area contributed by atoms with Gasteiger partial charge in [-0.1, -0.05) is 391 Å². The van der Waals surface area contributed by atoms with Crippen LogP contribution in [0.4, 0.5) is 0 Å². The number of aromatic hydroxyl groups is 2. The fourth-order valence-corrected chi connectivity index (χ4v) is 29.8. The molecular formula is C104H92N2O2Si2. The van der Waals surface area contributed by atoms with Gasteiger partial charge in [0.05, 0.1) is 0 Å². The van der Waals surface area contributed by atoms with Crippen molar-refractivity contribution in [1.82, 2.24) is 0 Å². The first-order valence-corrected chi connectivity index (χ1v) is 42.5. The Hall–Kier alpha value is -12.1. The quantitative estimate of drug-likeness (QED) is 0.0542. The summed E-state index contributed by atoms with van der Waals surface area (Å²) in [7, 11) is -5.36.